The molecule has 4 nitrogen and oxygen atoms in total. The number of hydrogen-bond acceptors (Lipinski definition) is 2. The van der Waals surface area contributed by atoms with Crippen LogP contribution in [0.2, 0.25) is 5.02 Å². The van der Waals surface area contributed by atoms with Crippen LogP contribution in [0.1, 0.15) is 17.0 Å². The monoisotopic (exact) mass is 289 g/mol. The van der Waals surface area contributed by atoms with Crippen molar-refractivity contribution < 1.29 is 5.11 Å². The number of rotatable bonds is 3. The van der Waals surface area contributed by atoms with E-state index in [-0.39, 0.29) is 6.61 Å². The molecule has 0 unspecified atom stereocenters. The predicted octanol–water partition coefficient (Wildman–Crippen LogP) is 2.88. The molecule has 0 spiro atoms. The van der Waals surface area contributed by atoms with Gasteiger partial charge in [0, 0.05) is 18.8 Å². The number of halogens is 1. The van der Waals surface area contributed by atoms with Crippen LogP contribution in [-0.2, 0) is 20.2 Å². The summed E-state index contributed by atoms with van der Waals surface area (Å²) in [7, 11) is 1.90. The van der Waals surface area contributed by atoms with Gasteiger partial charge in [0.15, 0.2) is 0 Å². The number of aromatic nitrogens is 3. The molecule has 0 amide bonds. The van der Waals surface area contributed by atoms with Gasteiger partial charge in [-0.25, -0.2) is 0 Å². The summed E-state index contributed by atoms with van der Waals surface area (Å²) in [4.78, 5) is 0. The number of aliphatic hydroxyl groups excluding tert-OH is 1. The Kier molecular flexibility index (Phi) is 3.28. The number of aryl methyl sites for hydroxylation is 2. The Morgan fingerprint density at radius 2 is 2.10 bits per heavy atom. The van der Waals surface area contributed by atoms with E-state index in [0.717, 1.165) is 27.9 Å². The molecule has 0 bridgehead atoms. The van der Waals surface area contributed by atoms with Crippen LogP contribution in [-0.4, -0.2) is 19.5 Å². The molecule has 1 aromatic carbocycles. The Hall–Kier alpha value is -1.78. The highest BCUT2D eigenvalue weighted by atomic mass is 35.5. The summed E-state index contributed by atoms with van der Waals surface area (Å²) in [5.74, 6) is 0. The molecule has 0 radical (unpaired) electrons. The summed E-state index contributed by atoms with van der Waals surface area (Å²) in [6, 6.07) is 7.99. The van der Waals surface area contributed by atoms with E-state index < -0.39 is 0 Å². The number of nitrogens with zero attached hydrogens (tertiary/aromatic N) is 3. The molecule has 0 aliphatic heterocycles. The summed E-state index contributed by atoms with van der Waals surface area (Å²) < 4.78 is 3.91. The minimum atomic E-state index is 0.0273. The Balaban J connectivity index is 2.11. The molecule has 0 saturated heterocycles. The van der Waals surface area contributed by atoms with Crippen molar-refractivity contribution in [2.75, 3.05) is 0 Å². The first-order valence-electron chi connectivity index (χ1n) is 6.47. The minimum absolute atomic E-state index is 0.0273. The zero-order valence-electron chi connectivity index (χ0n) is 11.5. The van der Waals surface area contributed by atoms with Crippen molar-refractivity contribution in [1.29, 1.82) is 0 Å². The standard InChI is InChI=1S/C15H16ClN3O/c1-10-14(16)13(18(2)17-10)8-19-7-6-11-4-3-5-12(9-20)15(11)19/h3-7,20H,8-9H2,1-2H3. The third kappa shape index (κ3) is 2.01. The molecule has 0 saturated carbocycles. The molecular formula is C15H16ClN3O. The van der Waals surface area contributed by atoms with Crippen LogP contribution in [0, 0.1) is 6.92 Å². The molecule has 2 aromatic heterocycles. The maximum atomic E-state index is 9.50. The topological polar surface area (TPSA) is 43.0 Å². The van der Waals surface area contributed by atoms with Gasteiger partial charge in [-0.3, -0.25) is 4.68 Å². The Morgan fingerprint density at radius 3 is 2.75 bits per heavy atom. The van der Waals surface area contributed by atoms with E-state index >= 15 is 0 Å². The zero-order chi connectivity index (χ0) is 14.3. The second-order valence-electron chi connectivity index (χ2n) is 4.93. The summed E-state index contributed by atoms with van der Waals surface area (Å²) in [6.45, 7) is 2.56. The average molecular weight is 290 g/mol. The van der Waals surface area contributed by atoms with Crippen LogP contribution in [0.3, 0.4) is 0 Å². The van der Waals surface area contributed by atoms with Gasteiger partial charge in [-0.15, -0.1) is 0 Å². The van der Waals surface area contributed by atoms with E-state index in [4.69, 9.17) is 11.6 Å². The average Bonchev–Trinajstić information content (AvgIpc) is 2.96. The maximum Gasteiger partial charge on any atom is 0.0865 e. The smallest absolute Gasteiger partial charge is 0.0865 e. The van der Waals surface area contributed by atoms with Crippen molar-refractivity contribution in [1.82, 2.24) is 14.3 Å². The molecule has 3 rings (SSSR count). The number of benzene rings is 1. The minimum Gasteiger partial charge on any atom is -0.392 e. The first-order valence-corrected chi connectivity index (χ1v) is 6.85. The first kappa shape index (κ1) is 13.2. The van der Waals surface area contributed by atoms with Crippen molar-refractivity contribution in [2.45, 2.75) is 20.1 Å². The fourth-order valence-electron chi connectivity index (χ4n) is 2.61. The van der Waals surface area contributed by atoms with Crippen molar-refractivity contribution in [3.63, 3.8) is 0 Å². The highest BCUT2D eigenvalue weighted by Gasteiger charge is 2.13. The molecule has 3 aromatic rings. The highest BCUT2D eigenvalue weighted by Crippen LogP contribution is 2.25. The molecule has 5 heteroatoms. The predicted molar refractivity (Wildman–Crippen MR) is 79.9 cm³/mol. The van der Waals surface area contributed by atoms with Gasteiger partial charge in [-0.1, -0.05) is 29.8 Å². The zero-order valence-corrected chi connectivity index (χ0v) is 12.2. The molecule has 0 aliphatic rings. The number of fused-ring (bicyclic) bond motifs is 1. The lowest BCUT2D eigenvalue weighted by molar-refractivity contribution is 0.283. The summed E-state index contributed by atoms with van der Waals surface area (Å²) in [6.07, 6.45) is 2.02. The van der Waals surface area contributed by atoms with Gasteiger partial charge in [-0.05, 0) is 18.4 Å². The molecule has 2 heterocycles. The van der Waals surface area contributed by atoms with Crippen molar-refractivity contribution in [3.05, 3.63) is 52.4 Å². The van der Waals surface area contributed by atoms with E-state index in [2.05, 4.69) is 9.67 Å². The van der Waals surface area contributed by atoms with E-state index in [1.54, 1.807) is 0 Å². The summed E-state index contributed by atoms with van der Waals surface area (Å²) in [5.41, 5.74) is 3.77. The van der Waals surface area contributed by atoms with Gasteiger partial charge in [0.25, 0.3) is 0 Å². The SMILES string of the molecule is Cc1nn(C)c(Cn2ccc3cccc(CO)c32)c1Cl. The summed E-state index contributed by atoms with van der Waals surface area (Å²) >= 11 is 6.31. The van der Waals surface area contributed by atoms with Crippen molar-refractivity contribution >= 4 is 22.5 Å². The van der Waals surface area contributed by atoms with Gasteiger partial charge >= 0.3 is 0 Å². The number of hydrogen-bond donors (Lipinski definition) is 1. The largest absolute Gasteiger partial charge is 0.392 e. The van der Waals surface area contributed by atoms with Gasteiger partial charge in [0.05, 0.1) is 35.1 Å². The third-order valence-corrected chi connectivity index (χ3v) is 4.12. The van der Waals surface area contributed by atoms with Crippen LogP contribution in [0.25, 0.3) is 10.9 Å². The van der Waals surface area contributed by atoms with Gasteiger partial charge < -0.3 is 9.67 Å². The molecule has 0 atom stereocenters. The Labute approximate surface area is 122 Å². The van der Waals surface area contributed by atoms with Crippen LogP contribution in [0.15, 0.2) is 30.5 Å². The van der Waals surface area contributed by atoms with Gasteiger partial charge in [-0.2, -0.15) is 5.10 Å². The van der Waals surface area contributed by atoms with Crippen LogP contribution in [0.4, 0.5) is 0 Å². The normalized spacial score (nSPS) is 11.4. The molecule has 20 heavy (non-hydrogen) atoms. The first-order chi connectivity index (χ1) is 9.61. The fourth-order valence-corrected chi connectivity index (χ4v) is 2.83. The lowest BCUT2D eigenvalue weighted by Gasteiger charge is -2.09. The summed E-state index contributed by atoms with van der Waals surface area (Å²) in [5, 5.41) is 15.7. The fraction of sp³-hybridized carbons (Fsp3) is 0.267. The van der Waals surface area contributed by atoms with Crippen molar-refractivity contribution in [3.8, 4) is 0 Å². The number of aliphatic hydroxyl groups is 1. The van der Waals surface area contributed by atoms with Crippen LogP contribution >= 0.6 is 11.6 Å². The molecule has 0 aliphatic carbocycles. The molecule has 1 N–H and O–H groups in total. The molecule has 0 fully saturated rings. The van der Waals surface area contributed by atoms with Gasteiger partial charge in [0.2, 0.25) is 0 Å². The molecular weight excluding hydrogens is 274 g/mol. The third-order valence-electron chi connectivity index (χ3n) is 3.62. The second kappa shape index (κ2) is 4.96. The van der Waals surface area contributed by atoms with E-state index in [1.165, 1.54) is 0 Å². The Morgan fingerprint density at radius 1 is 1.30 bits per heavy atom. The quantitative estimate of drug-likeness (QED) is 0.806. The highest BCUT2D eigenvalue weighted by molar-refractivity contribution is 6.31. The second-order valence-corrected chi connectivity index (χ2v) is 5.30. The van der Waals surface area contributed by atoms with Crippen LogP contribution < -0.4 is 0 Å². The van der Waals surface area contributed by atoms with E-state index in [9.17, 15) is 5.11 Å². The maximum absolute atomic E-state index is 9.50. The number of para-hydroxylation sites is 1. The van der Waals surface area contributed by atoms with E-state index in [1.807, 2.05) is 49.1 Å². The lowest BCUT2D eigenvalue weighted by Crippen LogP contribution is -2.06. The Bertz CT molecular complexity index is 773. The molecule has 104 valence electrons. The van der Waals surface area contributed by atoms with Gasteiger partial charge in [0.1, 0.15) is 0 Å². The van der Waals surface area contributed by atoms with Crippen molar-refractivity contribution in [2.24, 2.45) is 7.05 Å². The van der Waals surface area contributed by atoms with E-state index in [0.29, 0.717) is 11.6 Å². The lowest BCUT2D eigenvalue weighted by atomic mass is 10.1. The van der Waals surface area contributed by atoms with Crippen LogP contribution in [0.5, 0.6) is 0 Å².